The van der Waals surface area contributed by atoms with Crippen molar-refractivity contribution in [2.24, 2.45) is 0 Å². The molecule has 1 amide bonds. The van der Waals surface area contributed by atoms with Gasteiger partial charge in [-0.3, -0.25) is 4.79 Å². The Labute approximate surface area is 100 Å². The average Bonchev–Trinajstić information content (AvgIpc) is 2.91. The van der Waals surface area contributed by atoms with Crippen LogP contribution in [-0.2, 0) is 4.74 Å². The summed E-state index contributed by atoms with van der Waals surface area (Å²) in [6, 6.07) is 7.21. The molecular formula is C13H16N2O2. The number of nitrogens with one attached hydrogen (secondary N) is 1. The lowest BCUT2D eigenvalue weighted by molar-refractivity contribution is 0.0841. The highest BCUT2D eigenvalue weighted by Crippen LogP contribution is 2.34. The van der Waals surface area contributed by atoms with Crippen molar-refractivity contribution < 1.29 is 9.53 Å². The van der Waals surface area contributed by atoms with Gasteiger partial charge in [0.1, 0.15) is 0 Å². The molecule has 2 fully saturated rings. The van der Waals surface area contributed by atoms with Gasteiger partial charge in [-0.15, -0.1) is 0 Å². The van der Waals surface area contributed by atoms with Crippen molar-refractivity contribution in [3.63, 3.8) is 0 Å². The summed E-state index contributed by atoms with van der Waals surface area (Å²) in [4.78, 5) is 12.0. The van der Waals surface area contributed by atoms with E-state index < -0.39 is 0 Å². The molecule has 3 unspecified atom stereocenters. The number of rotatable bonds is 2. The molecule has 0 radical (unpaired) electrons. The van der Waals surface area contributed by atoms with E-state index in [9.17, 15) is 4.79 Å². The molecule has 2 heterocycles. The SMILES string of the molecule is Nc1cccc(C(=O)NC2CC3CCC2O3)c1. The summed E-state index contributed by atoms with van der Waals surface area (Å²) in [5, 5.41) is 3.03. The molecule has 0 spiro atoms. The number of hydrogen-bond acceptors (Lipinski definition) is 3. The normalized spacial score (nSPS) is 30.5. The van der Waals surface area contributed by atoms with Crippen LogP contribution in [-0.4, -0.2) is 24.2 Å². The van der Waals surface area contributed by atoms with Crippen molar-refractivity contribution in [1.29, 1.82) is 0 Å². The first-order valence-corrected chi connectivity index (χ1v) is 6.04. The average molecular weight is 232 g/mol. The molecule has 3 atom stereocenters. The van der Waals surface area contributed by atoms with Crippen LogP contribution in [0.15, 0.2) is 24.3 Å². The van der Waals surface area contributed by atoms with Crippen LogP contribution < -0.4 is 11.1 Å². The van der Waals surface area contributed by atoms with E-state index in [1.807, 2.05) is 0 Å². The van der Waals surface area contributed by atoms with Gasteiger partial charge in [-0.2, -0.15) is 0 Å². The molecule has 4 heteroatoms. The second kappa shape index (κ2) is 4.04. The van der Waals surface area contributed by atoms with Crippen molar-refractivity contribution in [3.05, 3.63) is 29.8 Å². The number of fused-ring (bicyclic) bond motifs is 2. The second-order valence-corrected chi connectivity index (χ2v) is 4.82. The fraction of sp³-hybridized carbons (Fsp3) is 0.462. The molecule has 4 nitrogen and oxygen atoms in total. The summed E-state index contributed by atoms with van der Waals surface area (Å²) in [5.41, 5.74) is 6.89. The van der Waals surface area contributed by atoms with E-state index in [0.717, 1.165) is 19.3 Å². The fourth-order valence-electron chi connectivity index (χ4n) is 2.72. The number of amides is 1. The van der Waals surface area contributed by atoms with Crippen LogP contribution in [0.25, 0.3) is 0 Å². The van der Waals surface area contributed by atoms with Gasteiger partial charge >= 0.3 is 0 Å². The number of nitrogens with two attached hydrogens (primary N) is 1. The molecule has 0 saturated carbocycles. The van der Waals surface area contributed by atoms with Gasteiger partial charge in [0.25, 0.3) is 5.91 Å². The Balaban J connectivity index is 1.68. The van der Waals surface area contributed by atoms with Gasteiger partial charge in [-0.05, 0) is 37.5 Å². The summed E-state index contributed by atoms with van der Waals surface area (Å²) >= 11 is 0. The van der Waals surface area contributed by atoms with Crippen molar-refractivity contribution >= 4 is 11.6 Å². The molecule has 90 valence electrons. The quantitative estimate of drug-likeness (QED) is 0.756. The van der Waals surface area contributed by atoms with Gasteiger partial charge < -0.3 is 15.8 Å². The van der Waals surface area contributed by atoms with Gasteiger partial charge in [0.15, 0.2) is 0 Å². The second-order valence-electron chi connectivity index (χ2n) is 4.82. The maximum absolute atomic E-state index is 12.0. The predicted octanol–water partition coefficient (Wildman–Crippen LogP) is 1.32. The first-order chi connectivity index (χ1) is 8.22. The highest BCUT2D eigenvalue weighted by Gasteiger charge is 2.41. The summed E-state index contributed by atoms with van der Waals surface area (Å²) in [6.07, 6.45) is 3.71. The summed E-state index contributed by atoms with van der Waals surface area (Å²) in [7, 11) is 0. The van der Waals surface area contributed by atoms with E-state index in [4.69, 9.17) is 10.5 Å². The zero-order valence-corrected chi connectivity index (χ0v) is 9.56. The molecule has 1 aromatic rings. The monoisotopic (exact) mass is 232 g/mol. The first-order valence-electron chi connectivity index (χ1n) is 6.04. The molecule has 2 aliphatic rings. The molecule has 2 aliphatic heterocycles. The minimum atomic E-state index is -0.0570. The summed E-state index contributed by atoms with van der Waals surface area (Å²) < 4.78 is 5.71. The third-order valence-electron chi connectivity index (χ3n) is 3.57. The van der Waals surface area contributed by atoms with Gasteiger partial charge in [-0.25, -0.2) is 0 Å². The number of carbonyl (C=O) groups excluding carboxylic acids is 1. The number of hydrogen-bond donors (Lipinski definition) is 2. The van der Waals surface area contributed by atoms with Crippen LogP contribution in [0.2, 0.25) is 0 Å². The highest BCUT2D eigenvalue weighted by atomic mass is 16.5. The van der Waals surface area contributed by atoms with Gasteiger partial charge in [0, 0.05) is 11.3 Å². The first kappa shape index (κ1) is 10.6. The van der Waals surface area contributed by atoms with Crippen LogP contribution in [0.5, 0.6) is 0 Å². The highest BCUT2D eigenvalue weighted by molar-refractivity contribution is 5.95. The van der Waals surface area contributed by atoms with Crippen LogP contribution in [0, 0.1) is 0 Å². The molecule has 3 N–H and O–H groups in total. The van der Waals surface area contributed by atoms with E-state index in [2.05, 4.69) is 5.32 Å². The number of anilines is 1. The third kappa shape index (κ3) is 2.00. The number of nitrogen functional groups attached to an aromatic ring is 1. The van der Waals surface area contributed by atoms with Crippen LogP contribution in [0.3, 0.4) is 0 Å². The lowest BCUT2D eigenvalue weighted by Crippen LogP contribution is -2.41. The summed E-state index contributed by atoms with van der Waals surface area (Å²) in [5.74, 6) is -0.0570. The number of benzene rings is 1. The topological polar surface area (TPSA) is 64.4 Å². The fourth-order valence-corrected chi connectivity index (χ4v) is 2.72. The predicted molar refractivity (Wildman–Crippen MR) is 64.6 cm³/mol. The van der Waals surface area contributed by atoms with Crippen molar-refractivity contribution in [1.82, 2.24) is 5.32 Å². The minimum Gasteiger partial charge on any atom is -0.399 e. The van der Waals surface area contributed by atoms with Gasteiger partial charge in [0.2, 0.25) is 0 Å². The smallest absolute Gasteiger partial charge is 0.251 e. The van der Waals surface area contributed by atoms with E-state index in [1.54, 1.807) is 24.3 Å². The van der Waals surface area contributed by atoms with Gasteiger partial charge in [0.05, 0.1) is 18.2 Å². The molecular weight excluding hydrogens is 216 g/mol. The van der Waals surface area contributed by atoms with E-state index in [0.29, 0.717) is 17.4 Å². The van der Waals surface area contributed by atoms with Crippen LogP contribution in [0.4, 0.5) is 5.69 Å². The maximum atomic E-state index is 12.0. The van der Waals surface area contributed by atoms with Crippen molar-refractivity contribution in [2.45, 2.75) is 37.5 Å². The Kier molecular flexibility index (Phi) is 2.52. The molecule has 3 rings (SSSR count). The van der Waals surface area contributed by atoms with Crippen molar-refractivity contribution in [2.75, 3.05) is 5.73 Å². The molecule has 2 saturated heterocycles. The molecule has 0 aliphatic carbocycles. The number of carbonyl (C=O) groups is 1. The van der Waals surface area contributed by atoms with Crippen LogP contribution >= 0.6 is 0 Å². The Morgan fingerprint density at radius 1 is 1.41 bits per heavy atom. The maximum Gasteiger partial charge on any atom is 0.251 e. The zero-order chi connectivity index (χ0) is 11.8. The van der Waals surface area contributed by atoms with Crippen LogP contribution in [0.1, 0.15) is 29.6 Å². The van der Waals surface area contributed by atoms with Crippen molar-refractivity contribution in [3.8, 4) is 0 Å². The molecule has 2 bridgehead atoms. The van der Waals surface area contributed by atoms with Gasteiger partial charge in [-0.1, -0.05) is 6.07 Å². The van der Waals surface area contributed by atoms with E-state index >= 15 is 0 Å². The lowest BCUT2D eigenvalue weighted by atomic mass is 9.95. The Hall–Kier alpha value is -1.55. The minimum absolute atomic E-state index is 0.0570. The molecule has 0 aromatic heterocycles. The van der Waals surface area contributed by atoms with E-state index in [1.165, 1.54) is 0 Å². The Morgan fingerprint density at radius 3 is 2.94 bits per heavy atom. The molecule has 17 heavy (non-hydrogen) atoms. The molecule has 1 aromatic carbocycles. The standard InChI is InChI=1S/C13H16N2O2/c14-9-3-1-2-8(6-9)13(16)15-11-7-10-4-5-12(11)17-10/h1-3,6,10-12H,4-5,7,14H2,(H,15,16). The zero-order valence-electron chi connectivity index (χ0n) is 9.56. The largest absolute Gasteiger partial charge is 0.399 e. The lowest BCUT2D eigenvalue weighted by Gasteiger charge is -2.20. The van der Waals surface area contributed by atoms with E-state index in [-0.39, 0.29) is 18.1 Å². The Bertz CT molecular complexity index is 447. The third-order valence-corrected chi connectivity index (χ3v) is 3.57. The summed E-state index contributed by atoms with van der Waals surface area (Å²) in [6.45, 7) is 0. The number of ether oxygens (including phenoxy) is 1. The Morgan fingerprint density at radius 2 is 2.29 bits per heavy atom.